The Kier molecular flexibility index (Phi) is 10.5. The number of nitrogens with two attached hydrogens (primary N) is 1. The van der Waals surface area contributed by atoms with Crippen molar-refractivity contribution in [1.82, 2.24) is 15.6 Å². The van der Waals surface area contributed by atoms with Crippen LogP contribution in [0.15, 0.2) is 36.4 Å². The van der Waals surface area contributed by atoms with Crippen LogP contribution < -0.4 is 21.1 Å². The van der Waals surface area contributed by atoms with E-state index in [-0.39, 0.29) is 29.6 Å². The molecule has 36 heavy (non-hydrogen) atoms. The van der Waals surface area contributed by atoms with Gasteiger partial charge in [-0.15, -0.1) is 0 Å². The number of unbranched alkanes of at least 4 members (excludes halogenated alkanes) is 3. The fraction of sp³-hybridized carbons (Fsp3) is 0.480. The van der Waals surface area contributed by atoms with Crippen molar-refractivity contribution in [3.63, 3.8) is 0 Å². The Balaban J connectivity index is 2.10. The molecule has 0 fully saturated rings. The Hall–Kier alpha value is -3.34. The number of aromatic nitrogens is 1. The zero-order chi connectivity index (χ0) is 26.8. The third-order valence-electron chi connectivity index (χ3n) is 4.72. The smallest absolute Gasteiger partial charge is 0.433 e. The van der Waals surface area contributed by atoms with Crippen LogP contribution in [0.1, 0.15) is 68.1 Å². The number of amides is 2. The topological polar surface area (TPSA) is 116 Å². The van der Waals surface area contributed by atoms with Gasteiger partial charge in [0.1, 0.15) is 17.0 Å². The van der Waals surface area contributed by atoms with Gasteiger partial charge in [0, 0.05) is 24.7 Å². The highest BCUT2D eigenvalue weighted by Crippen LogP contribution is 2.31. The number of benzene rings is 1. The normalized spacial score (nSPS) is 11.6. The minimum atomic E-state index is -4.73. The third kappa shape index (κ3) is 10.5. The molecule has 0 bridgehead atoms. The summed E-state index contributed by atoms with van der Waals surface area (Å²) < 4.78 is 50.9. The lowest BCUT2D eigenvalue weighted by Crippen LogP contribution is -2.32. The van der Waals surface area contributed by atoms with Gasteiger partial charge < -0.3 is 25.8 Å². The number of alkyl halides is 3. The van der Waals surface area contributed by atoms with Crippen molar-refractivity contribution in [3.8, 4) is 11.6 Å². The van der Waals surface area contributed by atoms with Gasteiger partial charge in [0.25, 0.3) is 5.91 Å². The number of nitrogens with one attached hydrogen (secondary N) is 2. The summed E-state index contributed by atoms with van der Waals surface area (Å²) in [7, 11) is 0. The Morgan fingerprint density at radius 3 is 2.39 bits per heavy atom. The predicted molar refractivity (Wildman–Crippen MR) is 129 cm³/mol. The van der Waals surface area contributed by atoms with Gasteiger partial charge in [-0.05, 0) is 70.0 Å². The van der Waals surface area contributed by atoms with Crippen LogP contribution in [0.25, 0.3) is 0 Å². The Labute approximate surface area is 208 Å². The summed E-state index contributed by atoms with van der Waals surface area (Å²) >= 11 is 0. The van der Waals surface area contributed by atoms with Gasteiger partial charge in [0.15, 0.2) is 0 Å². The predicted octanol–water partition coefficient (Wildman–Crippen LogP) is 5.17. The van der Waals surface area contributed by atoms with Gasteiger partial charge in [0.2, 0.25) is 5.88 Å². The molecule has 8 nitrogen and oxygen atoms in total. The standard InChI is InChI=1S/C25H33F3N4O4/c1-24(2,3)36-23(34)31-16-17-13-20(25(26,27)28)32-21(14-17)35-19-10-8-9-18(15-19)22(33)30-12-7-5-4-6-11-29/h8-10,13-15H,4-7,11-12,16,29H2,1-3H3,(H,30,33)(H,31,34). The van der Waals surface area contributed by atoms with Crippen LogP contribution in [-0.2, 0) is 17.5 Å². The molecule has 198 valence electrons. The Morgan fingerprint density at radius 1 is 1.00 bits per heavy atom. The van der Waals surface area contributed by atoms with Crippen molar-refractivity contribution < 1.29 is 32.2 Å². The minimum Gasteiger partial charge on any atom is -0.444 e. The third-order valence-corrected chi connectivity index (χ3v) is 4.72. The molecular weight excluding hydrogens is 477 g/mol. The van der Waals surface area contributed by atoms with Gasteiger partial charge in [-0.1, -0.05) is 18.9 Å². The molecule has 2 amide bonds. The lowest BCUT2D eigenvalue weighted by Gasteiger charge is -2.20. The second kappa shape index (κ2) is 13.1. The number of rotatable bonds is 11. The summed E-state index contributed by atoms with van der Waals surface area (Å²) in [4.78, 5) is 27.9. The average Bonchev–Trinajstić information content (AvgIpc) is 2.78. The highest BCUT2D eigenvalue weighted by Gasteiger charge is 2.33. The zero-order valence-corrected chi connectivity index (χ0v) is 20.7. The van der Waals surface area contributed by atoms with E-state index in [4.69, 9.17) is 15.2 Å². The van der Waals surface area contributed by atoms with Crippen LogP contribution in [0.4, 0.5) is 18.0 Å². The van der Waals surface area contributed by atoms with Gasteiger partial charge in [-0.25, -0.2) is 9.78 Å². The van der Waals surface area contributed by atoms with Gasteiger partial charge in [0.05, 0.1) is 0 Å². The largest absolute Gasteiger partial charge is 0.444 e. The molecule has 0 radical (unpaired) electrons. The summed E-state index contributed by atoms with van der Waals surface area (Å²) in [5.41, 5.74) is 3.94. The molecule has 1 heterocycles. The minimum absolute atomic E-state index is 0.113. The maximum atomic E-state index is 13.4. The maximum absolute atomic E-state index is 13.4. The molecule has 1 aromatic carbocycles. The molecular formula is C25H33F3N4O4. The zero-order valence-electron chi connectivity index (χ0n) is 20.7. The van der Waals surface area contributed by atoms with Gasteiger partial charge in [-0.2, -0.15) is 13.2 Å². The number of nitrogens with zero attached hydrogens (tertiary/aromatic N) is 1. The van der Waals surface area contributed by atoms with E-state index >= 15 is 0 Å². The van der Waals surface area contributed by atoms with Crippen molar-refractivity contribution in [2.24, 2.45) is 5.73 Å². The van der Waals surface area contributed by atoms with Crippen LogP contribution in [-0.4, -0.2) is 35.7 Å². The van der Waals surface area contributed by atoms with E-state index in [1.807, 2.05) is 0 Å². The fourth-order valence-corrected chi connectivity index (χ4v) is 3.10. The van der Waals surface area contributed by atoms with Crippen molar-refractivity contribution in [3.05, 3.63) is 53.2 Å². The summed E-state index contributed by atoms with van der Waals surface area (Å²) in [6.45, 7) is 5.92. The van der Waals surface area contributed by atoms with Crippen LogP contribution in [0, 0.1) is 0 Å². The Morgan fingerprint density at radius 2 is 1.72 bits per heavy atom. The van der Waals surface area contributed by atoms with E-state index in [2.05, 4.69) is 15.6 Å². The monoisotopic (exact) mass is 510 g/mol. The number of hydrogen-bond acceptors (Lipinski definition) is 6. The second-order valence-corrected chi connectivity index (χ2v) is 9.14. The van der Waals surface area contributed by atoms with E-state index in [1.54, 1.807) is 32.9 Å². The molecule has 1 aromatic heterocycles. The molecule has 4 N–H and O–H groups in total. The average molecular weight is 511 g/mol. The number of carbonyl (C=O) groups excluding carboxylic acids is 2. The highest BCUT2D eigenvalue weighted by molar-refractivity contribution is 5.94. The second-order valence-electron chi connectivity index (χ2n) is 9.14. The van der Waals surface area contributed by atoms with Crippen LogP contribution in [0.5, 0.6) is 11.6 Å². The number of ether oxygens (including phenoxy) is 2. The van der Waals surface area contributed by atoms with Gasteiger partial charge >= 0.3 is 12.3 Å². The first-order valence-electron chi connectivity index (χ1n) is 11.7. The number of halogens is 3. The first-order chi connectivity index (χ1) is 16.9. The van der Waals surface area contributed by atoms with Crippen LogP contribution in [0.3, 0.4) is 0 Å². The molecule has 0 atom stereocenters. The SMILES string of the molecule is CC(C)(C)OC(=O)NCc1cc(Oc2cccc(C(=O)NCCCCCCN)c2)nc(C(F)(F)F)c1. The molecule has 0 aliphatic carbocycles. The first kappa shape index (κ1) is 28.9. The summed E-state index contributed by atoms with van der Waals surface area (Å²) in [5.74, 6) is -0.509. The number of hydrogen-bond donors (Lipinski definition) is 3. The Bertz CT molecular complexity index is 1020. The molecule has 0 aliphatic heterocycles. The van der Waals surface area contributed by atoms with Crippen molar-refractivity contribution in [1.29, 1.82) is 0 Å². The van der Waals surface area contributed by atoms with E-state index in [0.29, 0.717) is 18.7 Å². The molecule has 11 heteroatoms. The molecule has 0 spiro atoms. The first-order valence-corrected chi connectivity index (χ1v) is 11.7. The fourth-order valence-electron chi connectivity index (χ4n) is 3.10. The summed E-state index contributed by atoms with van der Waals surface area (Å²) in [6.07, 6.45) is -1.80. The number of pyridine rings is 1. The molecule has 0 saturated carbocycles. The van der Waals surface area contributed by atoms with Crippen molar-refractivity contribution >= 4 is 12.0 Å². The molecule has 2 rings (SSSR count). The van der Waals surface area contributed by atoms with E-state index < -0.39 is 23.6 Å². The van der Waals surface area contributed by atoms with E-state index in [0.717, 1.165) is 31.7 Å². The highest BCUT2D eigenvalue weighted by atomic mass is 19.4. The number of carbonyl (C=O) groups is 2. The number of alkyl carbamates (subject to hydrolysis) is 1. The molecule has 0 unspecified atom stereocenters. The quantitative estimate of drug-likeness (QED) is 0.360. The molecule has 0 aliphatic rings. The van der Waals surface area contributed by atoms with Crippen LogP contribution >= 0.6 is 0 Å². The van der Waals surface area contributed by atoms with E-state index in [1.165, 1.54) is 18.2 Å². The van der Waals surface area contributed by atoms with Gasteiger partial charge in [-0.3, -0.25) is 4.79 Å². The summed E-state index contributed by atoms with van der Waals surface area (Å²) in [5, 5.41) is 5.22. The molecule has 2 aromatic rings. The van der Waals surface area contributed by atoms with Crippen molar-refractivity contribution in [2.45, 2.75) is 64.8 Å². The maximum Gasteiger partial charge on any atom is 0.433 e. The summed E-state index contributed by atoms with van der Waals surface area (Å²) in [6, 6.07) is 8.16. The lowest BCUT2D eigenvalue weighted by atomic mass is 10.1. The van der Waals surface area contributed by atoms with E-state index in [9.17, 15) is 22.8 Å². The molecule has 0 saturated heterocycles. The van der Waals surface area contributed by atoms with Crippen LogP contribution in [0.2, 0.25) is 0 Å². The lowest BCUT2D eigenvalue weighted by molar-refractivity contribution is -0.141. The van der Waals surface area contributed by atoms with Crippen molar-refractivity contribution in [2.75, 3.05) is 13.1 Å².